The molecule has 68 valence electrons. The first kappa shape index (κ1) is 8.19. The van der Waals surface area contributed by atoms with Crippen molar-refractivity contribution < 1.29 is 9.90 Å². The molecule has 0 aliphatic carbocycles. The molecule has 0 saturated carbocycles. The third-order valence-electron chi connectivity index (χ3n) is 2.23. The summed E-state index contributed by atoms with van der Waals surface area (Å²) in [5.41, 5.74) is 1.19. The fourth-order valence-corrected chi connectivity index (χ4v) is 1.30. The summed E-state index contributed by atoms with van der Waals surface area (Å²) < 4.78 is 0. The van der Waals surface area contributed by atoms with Gasteiger partial charge in [0.05, 0.1) is 5.56 Å². The number of hydrogen-bond donors (Lipinski definition) is 2. The molecule has 4 nitrogen and oxygen atoms in total. The number of rotatable bonds is 2. The van der Waals surface area contributed by atoms with Crippen LogP contribution in [0.3, 0.4) is 0 Å². The summed E-state index contributed by atoms with van der Waals surface area (Å²) in [5, 5.41) is 11.9. The van der Waals surface area contributed by atoms with E-state index in [1.807, 2.05) is 0 Å². The van der Waals surface area contributed by atoms with E-state index in [-0.39, 0.29) is 0 Å². The van der Waals surface area contributed by atoms with E-state index in [0.717, 1.165) is 18.8 Å². The number of carboxylic acids is 1. The molecule has 13 heavy (non-hydrogen) atoms. The van der Waals surface area contributed by atoms with E-state index >= 15 is 0 Å². The van der Waals surface area contributed by atoms with Gasteiger partial charge in [-0.1, -0.05) is 0 Å². The zero-order valence-electron chi connectivity index (χ0n) is 7.03. The Labute approximate surface area is 75.6 Å². The molecular formula is C9H10N2O2. The van der Waals surface area contributed by atoms with Crippen molar-refractivity contribution in [2.24, 2.45) is 0 Å². The maximum atomic E-state index is 10.6. The first-order valence-electron chi connectivity index (χ1n) is 4.17. The predicted octanol–water partition coefficient (Wildman–Crippen LogP) is 0.467. The number of pyridine rings is 1. The molecule has 4 heteroatoms. The first-order chi connectivity index (χ1) is 6.27. The molecule has 0 radical (unpaired) electrons. The predicted molar refractivity (Wildman–Crippen MR) is 46.8 cm³/mol. The van der Waals surface area contributed by atoms with Crippen LogP contribution in [0.25, 0.3) is 0 Å². The minimum absolute atomic E-state index is 0.317. The Morgan fingerprint density at radius 3 is 2.92 bits per heavy atom. The number of nitrogens with zero attached hydrogens (tertiary/aromatic N) is 1. The molecule has 0 spiro atoms. The molecule has 2 rings (SSSR count). The fraction of sp³-hybridized carbons (Fsp3) is 0.333. The topological polar surface area (TPSA) is 62.2 Å². The van der Waals surface area contributed by atoms with Crippen molar-refractivity contribution in [1.82, 2.24) is 10.3 Å². The van der Waals surface area contributed by atoms with E-state index in [1.54, 1.807) is 12.3 Å². The fourth-order valence-electron chi connectivity index (χ4n) is 1.30. The number of nitrogens with one attached hydrogen (secondary N) is 1. The number of carbonyl (C=O) groups is 1. The lowest BCUT2D eigenvalue weighted by atomic mass is 9.98. The van der Waals surface area contributed by atoms with E-state index in [2.05, 4.69) is 10.3 Å². The molecule has 0 atom stereocenters. The molecule has 0 aromatic carbocycles. The molecule has 1 aromatic rings. The van der Waals surface area contributed by atoms with E-state index in [9.17, 15) is 4.79 Å². The molecule has 1 aliphatic heterocycles. The highest BCUT2D eigenvalue weighted by Crippen LogP contribution is 2.17. The quantitative estimate of drug-likeness (QED) is 0.691. The van der Waals surface area contributed by atoms with Gasteiger partial charge in [0, 0.05) is 30.9 Å². The minimum Gasteiger partial charge on any atom is -0.478 e. The third-order valence-corrected chi connectivity index (χ3v) is 2.23. The maximum Gasteiger partial charge on any atom is 0.335 e. The Bertz CT molecular complexity index is 334. The lowest BCUT2D eigenvalue weighted by Crippen LogP contribution is -2.40. The maximum absolute atomic E-state index is 10.6. The highest BCUT2D eigenvalue weighted by Gasteiger charge is 2.20. The summed E-state index contributed by atoms with van der Waals surface area (Å²) in [6.07, 6.45) is 1.55. The van der Waals surface area contributed by atoms with Gasteiger partial charge < -0.3 is 10.4 Å². The van der Waals surface area contributed by atoms with Crippen molar-refractivity contribution in [2.45, 2.75) is 5.92 Å². The second kappa shape index (κ2) is 3.14. The Hall–Kier alpha value is -1.42. The van der Waals surface area contributed by atoms with Crippen LogP contribution < -0.4 is 5.32 Å². The van der Waals surface area contributed by atoms with Gasteiger partial charge in [-0.3, -0.25) is 4.98 Å². The number of carboxylic acid groups (broad SMARTS) is 1. The van der Waals surface area contributed by atoms with Crippen LogP contribution >= 0.6 is 0 Å². The summed E-state index contributed by atoms with van der Waals surface area (Å²) >= 11 is 0. The summed E-state index contributed by atoms with van der Waals surface area (Å²) in [6.45, 7) is 1.80. The smallest absolute Gasteiger partial charge is 0.335 e. The highest BCUT2D eigenvalue weighted by atomic mass is 16.4. The second-order valence-corrected chi connectivity index (χ2v) is 3.13. The van der Waals surface area contributed by atoms with Crippen LogP contribution in [-0.2, 0) is 0 Å². The van der Waals surface area contributed by atoms with E-state index in [1.165, 1.54) is 6.07 Å². The number of aromatic carboxylic acids is 1. The van der Waals surface area contributed by atoms with Gasteiger partial charge in [-0.25, -0.2) is 4.79 Å². The van der Waals surface area contributed by atoms with Crippen molar-refractivity contribution >= 4 is 5.97 Å². The van der Waals surface area contributed by atoms with Crippen LogP contribution in [0.2, 0.25) is 0 Å². The molecular weight excluding hydrogens is 168 g/mol. The van der Waals surface area contributed by atoms with Crippen LogP contribution in [0.1, 0.15) is 22.0 Å². The van der Waals surface area contributed by atoms with Gasteiger partial charge in [0.15, 0.2) is 0 Å². The third kappa shape index (κ3) is 1.53. The lowest BCUT2D eigenvalue weighted by Gasteiger charge is -2.26. The van der Waals surface area contributed by atoms with E-state index in [4.69, 9.17) is 5.11 Å². The van der Waals surface area contributed by atoms with Crippen molar-refractivity contribution in [2.75, 3.05) is 13.1 Å². The molecule has 1 aromatic heterocycles. The molecule has 2 heterocycles. The summed E-state index contributed by atoms with van der Waals surface area (Å²) in [5.74, 6) is -0.504. The molecule has 1 saturated heterocycles. The van der Waals surface area contributed by atoms with E-state index in [0.29, 0.717) is 11.5 Å². The Morgan fingerprint density at radius 1 is 1.62 bits per heavy atom. The van der Waals surface area contributed by atoms with Gasteiger partial charge in [-0.15, -0.1) is 0 Å². The average molecular weight is 178 g/mol. The van der Waals surface area contributed by atoms with Crippen molar-refractivity contribution in [3.63, 3.8) is 0 Å². The van der Waals surface area contributed by atoms with Gasteiger partial charge in [0.1, 0.15) is 0 Å². The van der Waals surface area contributed by atoms with Gasteiger partial charge >= 0.3 is 5.97 Å². The summed E-state index contributed by atoms with van der Waals surface area (Å²) in [4.78, 5) is 14.8. The normalized spacial score (nSPS) is 16.6. The van der Waals surface area contributed by atoms with Crippen molar-refractivity contribution in [3.05, 3.63) is 29.6 Å². The van der Waals surface area contributed by atoms with Crippen LogP contribution in [0.5, 0.6) is 0 Å². The molecule has 2 N–H and O–H groups in total. The van der Waals surface area contributed by atoms with Gasteiger partial charge in [-0.05, 0) is 12.1 Å². The van der Waals surface area contributed by atoms with Crippen molar-refractivity contribution in [1.29, 1.82) is 0 Å². The Morgan fingerprint density at radius 2 is 2.38 bits per heavy atom. The van der Waals surface area contributed by atoms with Crippen molar-refractivity contribution in [3.8, 4) is 0 Å². The van der Waals surface area contributed by atoms with Gasteiger partial charge in [0.25, 0.3) is 0 Å². The SMILES string of the molecule is O=C(O)c1ccnc(C2CNC2)c1. The number of aromatic nitrogens is 1. The summed E-state index contributed by atoms with van der Waals surface area (Å²) in [6, 6.07) is 3.16. The van der Waals surface area contributed by atoms with Crippen LogP contribution in [0.15, 0.2) is 18.3 Å². The molecule has 0 amide bonds. The second-order valence-electron chi connectivity index (χ2n) is 3.13. The molecule has 1 fully saturated rings. The van der Waals surface area contributed by atoms with Crippen LogP contribution in [0.4, 0.5) is 0 Å². The summed E-state index contributed by atoms with van der Waals surface area (Å²) in [7, 11) is 0. The van der Waals surface area contributed by atoms with Gasteiger partial charge in [-0.2, -0.15) is 0 Å². The molecule has 1 aliphatic rings. The van der Waals surface area contributed by atoms with Crippen LogP contribution in [-0.4, -0.2) is 29.1 Å². The lowest BCUT2D eigenvalue weighted by molar-refractivity contribution is 0.0696. The zero-order valence-corrected chi connectivity index (χ0v) is 7.03. The number of hydrogen-bond acceptors (Lipinski definition) is 3. The average Bonchev–Trinajstić information content (AvgIpc) is 2.01. The zero-order chi connectivity index (χ0) is 9.26. The minimum atomic E-state index is -0.893. The molecule has 0 bridgehead atoms. The first-order valence-corrected chi connectivity index (χ1v) is 4.17. The molecule has 0 unspecified atom stereocenters. The monoisotopic (exact) mass is 178 g/mol. The van der Waals surface area contributed by atoms with E-state index < -0.39 is 5.97 Å². The van der Waals surface area contributed by atoms with Crippen LogP contribution in [0, 0.1) is 0 Å². The Kier molecular flexibility index (Phi) is 1.98. The highest BCUT2D eigenvalue weighted by molar-refractivity contribution is 5.87. The van der Waals surface area contributed by atoms with Gasteiger partial charge in [0.2, 0.25) is 0 Å². The Balaban J connectivity index is 2.26. The standard InChI is InChI=1S/C9H10N2O2/c12-9(13)6-1-2-11-8(3-6)7-4-10-5-7/h1-3,7,10H,4-5H2,(H,12,13). The largest absolute Gasteiger partial charge is 0.478 e.